The molecule has 1 saturated carbocycles. The molecule has 1 aliphatic carbocycles. The Hall–Kier alpha value is -2.97. The van der Waals surface area contributed by atoms with Crippen LogP contribution in [0.4, 0.5) is 4.39 Å². The van der Waals surface area contributed by atoms with Crippen LogP contribution in [-0.2, 0) is 9.53 Å². The van der Waals surface area contributed by atoms with Crippen molar-refractivity contribution in [3.05, 3.63) is 63.8 Å². The van der Waals surface area contributed by atoms with Crippen molar-refractivity contribution in [2.45, 2.75) is 18.9 Å². The molecule has 0 unspecified atom stereocenters. The number of rotatable bonds is 7. The molecule has 9 heteroatoms. The number of benzene rings is 1. The summed E-state index contributed by atoms with van der Waals surface area (Å²) in [5.74, 6) is -1.69. The van der Waals surface area contributed by atoms with Gasteiger partial charge in [-0.05, 0) is 43.2 Å². The van der Waals surface area contributed by atoms with Crippen LogP contribution in [0.15, 0.2) is 47.4 Å². The average Bonchev–Trinajstić information content (AvgIpc) is 2.67. The van der Waals surface area contributed by atoms with Gasteiger partial charge in [0.1, 0.15) is 6.61 Å². The summed E-state index contributed by atoms with van der Waals surface area (Å²) in [6.45, 7) is 0.370. The molecule has 7 nitrogen and oxygen atoms in total. The van der Waals surface area contributed by atoms with Gasteiger partial charge in [0, 0.05) is 17.8 Å². The first-order valence-electron chi connectivity index (χ1n) is 9.37. The topological polar surface area (TPSA) is 90.1 Å². The fourth-order valence-electron chi connectivity index (χ4n) is 3.29. The summed E-state index contributed by atoms with van der Waals surface area (Å²) >= 11 is 6.12. The van der Waals surface area contributed by atoms with Crippen LogP contribution < -0.4 is 10.3 Å². The highest BCUT2D eigenvalue weighted by Crippen LogP contribution is 2.30. The molecule has 1 fully saturated rings. The van der Waals surface area contributed by atoms with Crippen molar-refractivity contribution < 1.29 is 23.8 Å². The Labute approximate surface area is 175 Å². The van der Waals surface area contributed by atoms with Crippen molar-refractivity contribution in [2.24, 2.45) is 5.92 Å². The van der Waals surface area contributed by atoms with Gasteiger partial charge in [-0.15, -0.1) is 0 Å². The minimum Gasteiger partial charge on any atom is -0.488 e. The first kappa shape index (κ1) is 20.3. The molecule has 0 spiro atoms. The standard InChI is InChI=1S/C21H18ClFN2O5/c22-15-2-1-5-25-19(26)11-17(24-20(15)25)12-3-4-18(16(23)10-12)30-7-6-29-14-8-13(9-14)21(27)28/h1-5,10-11,13-14H,6-9H2,(H,27,28). The van der Waals surface area contributed by atoms with Crippen molar-refractivity contribution in [2.75, 3.05) is 13.2 Å². The Bertz CT molecular complexity index is 1160. The molecule has 2 aromatic heterocycles. The van der Waals surface area contributed by atoms with E-state index in [1.165, 1.54) is 22.6 Å². The fourth-order valence-corrected chi connectivity index (χ4v) is 3.49. The van der Waals surface area contributed by atoms with Crippen LogP contribution >= 0.6 is 11.6 Å². The average molecular weight is 433 g/mol. The van der Waals surface area contributed by atoms with E-state index in [2.05, 4.69) is 4.98 Å². The Balaban J connectivity index is 1.40. The highest BCUT2D eigenvalue weighted by atomic mass is 35.5. The maximum atomic E-state index is 14.5. The Morgan fingerprint density at radius 2 is 2.07 bits per heavy atom. The molecule has 0 aliphatic heterocycles. The molecule has 3 aromatic rings. The number of ether oxygens (including phenoxy) is 2. The molecular formula is C21H18ClFN2O5. The quantitative estimate of drug-likeness (QED) is 0.575. The van der Waals surface area contributed by atoms with E-state index in [-0.39, 0.29) is 36.5 Å². The third kappa shape index (κ3) is 4.15. The van der Waals surface area contributed by atoms with Crippen molar-refractivity contribution in [1.29, 1.82) is 0 Å². The van der Waals surface area contributed by atoms with Crippen LogP contribution in [-0.4, -0.2) is 39.8 Å². The smallest absolute Gasteiger partial charge is 0.306 e. The molecule has 1 aliphatic rings. The van der Waals surface area contributed by atoms with E-state index in [0.717, 1.165) is 0 Å². The third-order valence-electron chi connectivity index (χ3n) is 5.01. The number of hydrogen-bond donors (Lipinski definition) is 1. The van der Waals surface area contributed by atoms with E-state index >= 15 is 0 Å². The van der Waals surface area contributed by atoms with Gasteiger partial charge in [-0.2, -0.15) is 0 Å². The predicted octanol–water partition coefficient (Wildman–Crippen LogP) is 3.41. The first-order valence-corrected chi connectivity index (χ1v) is 9.75. The van der Waals surface area contributed by atoms with Crippen LogP contribution in [0.25, 0.3) is 16.9 Å². The fraction of sp³-hybridized carbons (Fsp3) is 0.286. The SMILES string of the molecule is O=C(O)C1CC(OCCOc2ccc(-c3cc(=O)n4cccc(Cl)c4n3)cc2F)C1. The lowest BCUT2D eigenvalue weighted by molar-refractivity contribution is -0.151. The van der Waals surface area contributed by atoms with Crippen LogP contribution in [0.5, 0.6) is 5.75 Å². The number of hydrogen-bond acceptors (Lipinski definition) is 5. The number of aromatic nitrogens is 2. The highest BCUT2D eigenvalue weighted by molar-refractivity contribution is 6.33. The second-order valence-corrected chi connectivity index (χ2v) is 7.43. The zero-order valence-corrected chi connectivity index (χ0v) is 16.5. The van der Waals surface area contributed by atoms with E-state index in [4.69, 9.17) is 26.2 Å². The van der Waals surface area contributed by atoms with Crippen LogP contribution in [0.3, 0.4) is 0 Å². The zero-order valence-electron chi connectivity index (χ0n) is 15.8. The first-order chi connectivity index (χ1) is 14.4. The van der Waals surface area contributed by atoms with Crippen molar-refractivity contribution in [1.82, 2.24) is 9.38 Å². The van der Waals surface area contributed by atoms with E-state index in [1.54, 1.807) is 24.4 Å². The zero-order chi connectivity index (χ0) is 21.3. The minimum absolute atomic E-state index is 0.0508. The maximum Gasteiger partial charge on any atom is 0.306 e. The summed E-state index contributed by atoms with van der Waals surface area (Å²) in [6.07, 6.45) is 2.44. The highest BCUT2D eigenvalue weighted by Gasteiger charge is 2.34. The van der Waals surface area contributed by atoms with E-state index < -0.39 is 11.8 Å². The lowest BCUT2D eigenvalue weighted by Crippen LogP contribution is -2.37. The van der Waals surface area contributed by atoms with Gasteiger partial charge in [0.25, 0.3) is 5.56 Å². The second kappa shape index (κ2) is 8.41. The summed E-state index contributed by atoms with van der Waals surface area (Å²) in [5.41, 5.74) is 0.696. The van der Waals surface area contributed by atoms with Crippen LogP contribution in [0.1, 0.15) is 12.8 Å². The Morgan fingerprint density at radius 3 is 2.80 bits per heavy atom. The third-order valence-corrected chi connectivity index (χ3v) is 5.30. The number of aliphatic carboxylic acids is 1. The van der Waals surface area contributed by atoms with Crippen LogP contribution in [0.2, 0.25) is 5.02 Å². The minimum atomic E-state index is -0.806. The number of carboxylic acid groups (broad SMARTS) is 1. The van der Waals surface area contributed by atoms with Crippen LogP contribution in [0, 0.1) is 11.7 Å². The maximum absolute atomic E-state index is 14.5. The second-order valence-electron chi connectivity index (χ2n) is 7.02. The van der Waals surface area contributed by atoms with Gasteiger partial charge in [-0.25, -0.2) is 9.37 Å². The number of carbonyl (C=O) groups is 1. The summed E-state index contributed by atoms with van der Waals surface area (Å²) in [6, 6.07) is 8.90. The molecule has 30 heavy (non-hydrogen) atoms. The molecule has 0 bridgehead atoms. The van der Waals surface area contributed by atoms with E-state index in [0.29, 0.717) is 34.8 Å². The summed E-state index contributed by atoms with van der Waals surface area (Å²) in [4.78, 5) is 27.4. The van der Waals surface area contributed by atoms with Gasteiger partial charge < -0.3 is 14.6 Å². The van der Waals surface area contributed by atoms with Gasteiger partial charge in [0.15, 0.2) is 17.2 Å². The van der Waals surface area contributed by atoms with Gasteiger partial charge in [0.05, 0.1) is 29.3 Å². The molecule has 156 valence electrons. The largest absolute Gasteiger partial charge is 0.488 e. The van der Waals surface area contributed by atoms with E-state index in [9.17, 15) is 14.0 Å². The normalized spacial score (nSPS) is 18.2. The van der Waals surface area contributed by atoms with Gasteiger partial charge >= 0.3 is 5.97 Å². The predicted molar refractivity (Wildman–Crippen MR) is 107 cm³/mol. The Kier molecular flexibility index (Phi) is 5.69. The molecule has 0 amide bonds. The summed E-state index contributed by atoms with van der Waals surface area (Å²) in [5, 5.41) is 9.15. The van der Waals surface area contributed by atoms with Crippen molar-refractivity contribution in [3.63, 3.8) is 0 Å². The molecule has 1 N–H and O–H groups in total. The van der Waals surface area contributed by atoms with Crippen molar-refractivity contribution >= 4 is 23.2 Å². The molecule has 4 rings (SSSR count). The monoisotopic (exact) mass is 432 g/mol. The summed E-state index contributed by atoms with van der Waals surface area (Å²) in [7, 11) is 0. The lowest BCUT2D eigenvalue weighted by atomic mass is 9.82. The van der Waals surface area contributed by atoms with Gasteiger partial charge in [-0.1, -0.05) is 11.6 Å². The molecule has 1 aromatic carbocycles. The summed E-state index contributed by atoms with van der Waals surface area (Å²) < 4.78 is 26.7. The van der Waals surface area contributed by atoms with Crippen molar-refractivity contribution in [3.8, 4) is 17.0 Å². The molecular weight excluding hydrogens is 415 g/mol. The number of nitrogens with zero attached hydrogens (tertiary/aromatic N) is 2. The Morgan fingerprint density at radius 1 is 1.27 bits per heavy atom. The van der Waals surface area contributed by atoms with Gasteiger partial charge in [-0.3, -0.25) is 14.0 Å². The molecule has 0 saturated heterocycles. The number of pyridine rings is 1. The van der Waals surface area contributed by atoms with E-state index in [1.807, 2.05) is 0 Å². The number of fused-ring (bicyclic) bond motifs is 1. The molecule has 0 atom stereocenters. The molecule has 0 radical (unpaired) electrons. The van der Waals surface area contributed by atoms with Gasteiger partial charge in [0.2, 0.25) is 0 Å². The number of carboxylic acids is 1. The molecule has 2 heterocycles. The number of halogens is 2. The lowest BCUT2D eigenvalue weighted by Gasteiger charge is -2.31.